The lowest BCUT2D eigenvalue weighted by Gasteiger charge is -2.31. The van der Waals surface area contributed by atoms with E-state index in [1.54, 1.807) is 4.90 Å². The molecule has 0 spiro atoms. The van der Waals surface area contributed by atoms with Crippen LogP contribution in [0.4, 0.5) is 0 Å². The van der Waals surface area contributed by atoms with Gasteiger partial charge in [-0.05, 0) is 26.7 Å². The van der Waals surface area contributed by atoms with Crippen molar-refractivity contribution in [3.63, 3.8) is 0 Å². The third-order valence-corrected chi connectivity index (χ3v) is 2.75. The predicted octanol–water partition coefficient (Wildman–Crippen LogP) is 1.25. The highest BCUT2D eigenvalue weighted by Crippen LogP contribution is 2.28. The first-order valence-corrected chi connectivity index (χ1v) is 4.96. The summed E-state index contributed by atoms with van der Waals surface area (Å²) in [6.45, 7) is 4.82. The van der Waals surface area contributed by atoms with E-state index in [4.69, 9.17) is 5.11 Å². The number of carboxylic acid groups (broad SMARTS) is 1. The molecule has 1 saturated heterocycles. The van der Waals surface area contributed by atoms with E-state index in [1.807, 2.05) is 13.8 Å². The van der Waals surface area contributed by atoms with Crippen LogP contribution in [0.25, 0.3) is 0 Å². The molecule has 4 heteroatoms. The van der Waals surface area contributed by atoms with Crippen LogP contribution in [0, 0.1) is 0 Å². The van der Waals surface area contributed by atoms with Crippen molar-refractivity contribution in [2.24, 2.45) is 0 Å². The van der Waals surface area contributed by atoms with Crippen LogP contribution in [0.15, 0.2) is 0 Å². The summed E-state index contributed by atoms with van der Waals surface area (Å²) in [6.07, 6.45) is 2.09. The summed E-state index contributed by atoms with van der Waals surface area (Å²) in [6, 6.07) is 0. The lowest BCUT2D eigenvalue weighted by molar-refractivity contribution is -0.142. The maximum absolute atomic E-state index is 11.6. The first kappa shape index (κ1) is 11.0. The summed E-state index contributed by atoms with van der Waals surface area (Å²) < 4.78 is 0. The first-order valence-electron chi connectivity index (χ1n) is 4.96. The first-order chi connectivity index (χ1) is 6.43. The van der Waals surface area contributed by atoms with Gasteiger partial charge in [0.15, 0.2) is 0 Å². The van der Waals surface area contributed by atoms with Crippen LogP contribution in [0.5, 0.6) is 0 Å². The minimum atomic E-state index is -0.907. The minimum Gasteiger partial charge on any atom is -0.481 e. The predicted molar refractivity (Wildman–Crippen MR) is 51.9 cm³/mol. The lowest BCUT2D eigenvalue weighted by atomic mass is 10.0. The molecule has 1 rings (SSSR count). The number of aliphatic carboxylic acids is 1. The van der Waals surface area contributed by atoms with Crippen molar-refractivity contribution in [1.82, 2.24) is 4.90 Å². The molecule has 0 unspecified atom stereocenters. The highest BCUT2D eigenvalue weighted by molar-refractivity contribution is 5.81. The molecule has 0 aliphatic carbocycles. The molecule has 0 aromatic heterocycles. The van der Waals surface area contributed by atoms with Crippen molar-refractivity contribution >= 4 is 11.9 Å². The van der Waals surface area contributed by atoms with Crippen LogP contribution in [-0.4, -0.2) is 34.0 Å². The Labute approximate surface area is 83.9 Å². The van der Waals surface area contributed by atoms with E-state index in [0.29, 0.717) is 0 Å². The Morgan fingerprint density at radius 1 is 1.36 bits per heavy atom. The van der Waals surface area contributed by atoms with Crippen molar-refractivity contribution in [1.29, 1.82) is 0 Å². The van der Waals surface area contributed by atoms with E-state index in [1.165, 1.54) is 0 Å². The molecule has 14 heavy (non-hydrogen) atoms. The normalized spacial score (nSPS) is 19.7. The Morgan fingerprint density at radius 2 is 2.00 bits per heavy atom. The van der Waals surface area contributed by atoms with Gasteiger partial charge >= 0.3 is 5.97 Å². The molecule has 80 valence electrons. The van der Waals surface area contributed by atoms with Crippen LogP contribution in [0.1, 0.15) is 39.5 Å². The Morgan fingerprint density at radius 3 is 2.43 bits per heavy atom. The monoisotopic (exact) mass is 199 g/mol. The van der Waals surface area contributed by atoms with E-state index in [9.17, 15) is 9.59 Å². The molecule has 1 fully saturated rings. The van der Waals surface area contributed by atoms with Gasteiger partial charge in [-0.25, -0.2) is 0 Å². The second kappa shape index (κ2) is 3.98. The number of carboxylic acids is 1. The van der Waals surface area contributed by atoms with Gasteiger partial charge in [0.25, 0.3) is 0 Å². The zero-order valence-corrected chi connectivity index (χ0v) is 8.75. The molecular weight excluding hydrogens is 182 g/mol. The van der Waals surface area contributed by atoms with E-state index >= 15 is 0 Å². The molecule has 1 aliphatic heterocycles. The maximum Gasteiger partial charge on any atom is 0.303 e. The smallest absolute Gasteiger partial charge is 0.303 e. The highest BCUT2D eigenvalue weighted by Gasteiger charge is 2.34. The molecule has 1 heterocycles. The molecule has 0 atom stereocenters. The van der Waals surface area contributed by atoms with Gasteiger partial charge in [-0.15, -0.1) is 0 Å². The average molecular weight is 199 g/mol. The molecule has 0 saturated carbocycles. The van der Waals surface area contributed by atoms with Crippen molar-refractivity contribution in [2.75, 3.05) is 6.54 Å². The van der Waals surface area contributed by atoms with Gasteiger partial charge in [0.05, 0.1) is 6.42 Å². The Bertz CT molecular complexity index is 248. The molecule has 0 aromatic rings. The van der Waals surface area contributed by atoms with Crippen molar-refractivity contribution in [2.45, 2.75) is 45.1 Å². The maximum atomic E-state index is 11.6. The minimum absolute atomic E-state index is 0.0325. The van der Waals surface area contributed by atoms with E-state index in [0.717, 1.165) is 19.4 Å². The molecule has 1 aliphatic rings. The number of rotatable bonds is 3. The molecule has 1 amide bonds. The average Bonchev–Trinajstić information content (AvgIpc) is 2.41. The Hall–Kier alpha value is -1.06. The quantitative estimate of drug-likeness (QED) is 0.744. The van der Waals surface area contributed by atoms with Crippen LogP contribution in [0.3, 0.4) is 0 Å². The van der Waals surface area contributed by atoms with Crippen molar-refractivity contribution < 1.29 is 14.7 Å². The zero-order chi connectivity index (χ0) is 10.8. The van der Waals surface area contributed by atoms with E-state index in [-0.39, 0.29) is 24.3 Å². The Balaban J connectivity index is 2.48. The molecule has 0 bridgehead atoms. The van der Waals surface area contributed by atoms with Crippen LogP contribution < -0.4 is 0 Å². The number of likely N-dealkylation sites (tertiary alicyclic amines) is 1. The van der Waals surface area contributed by atoms with Gasteiger partial charge in [-0.2, -0.15) is 0 Å². The summed E-state index contributed by atoms with van der Waals surface area (Å²) in [5.74, 6) is -0.940. The van der Waals surface area contributed by atoms with Gasteiger partial charge in [-0.1, -0.05) is 0 Å². The topological polar surface area (TPSA) is 57.6 Å². The van der Waals surface area contributed by atoms with Gasteiger partial charge in [0.1, 0.15) is 0 Å². The van der Waals surface area contributed by atoms with E-state index < -0.39 is 5.97 Å². The van der Waals surface area contributed by atoms with Crippen LogP contribution in [-0.2, 0) is 9.59 Å². The van der Waals surface area contributed by atoms with Crippen molar-refractivity contribution in [3.8, 4) is 0 Å². The van der Waals surface area contributed by atoms with Gasteiger partial charge in [0.2, 0.25) is 5.91 Å². The number of hydrogen-bond donors (Lipinski definition) is 1. The highest BCUT2D eigenvalue weighted by atomic mass is 16.4. The number of amides is 1. The van der Waals surface area contributed by atoms with Gasteiger partial charge < -0.3 is 10.0 Å². The standard InChI is InChI=1S/C10H17NO3/c1-10(2)6-3-7-11(10)8(12)4-5-9(13)14/h3-7H2,1-2H3,(H,13,14). The fraction of sp³-hybridized carbons (Fsp3) is 0.800. The largest absolute Gasteiger partial charge is 0.481 e. The summed E-state index contributed by atoms with van der Waals surface area (Å²) in [5, 5.41) is 8.46. The second-order valence-corrected chi connectivity index (χ2v) is 4.36. The number of carbonyl (C=O) groups is 2. The number of nitrogens with zero attached hydrogens (tertiary/aromatic N) is 1. The van der Waals surface area contributed by atoms with Gasteiger partial charge in [-0.3, -0.25) is 9.59 Å². The fourth-order valence-electron chi connectivity index (χ4n) is 1.92. The number of carbonyl (C=O) groups excluding carboxylic acids is 1. The SMILES string of the molecule is CC1(C)CCCN1C(=O)CCC(=O)O. The summed E-state index contributed by atoms with van der Waals surface area (Å²) in [5.41, 5.74) is -0.0877. The van der Waals surface area contributed by atoms with Crippen LogP contribution in [0.2, 0.25) is 0 Å². The summed E-state index contributed by atoms with van der Waals surface area (Å²) in [4.78, 5) is 23.7. The Kier molecular flexibility index (Phi) is 3.13. The fourth-order valence-corrected chi connectivity index (χ4v) is 1.92. The molecule has 0 radical (unpaired) electrons. The zero-order valence-electron chi connectivity index (χ0n) is 8.75. The lowest BCUT2D eigenvalue weighted by Crippen LogP contribution is -2.42. The van der Waals surface area contributed by atoms with E-state index in [2.05, 4.69) is 0 Å². The molecular formula is C10H17NO3. The van der Waals surface area contributed by atoms with Gasteiger partial charge in [0, 0.05) is 18.5 Å². The molecule has 4 nitrogen and oxygen atoms in total. The van der Waals surface area contributed by atoms with Crippen LogP contribution >= 0.6 is 0 Å². The second-order valence-electron chi connectivity index (χ2n) is 4.36. The third kappa shape index (κ3) is 2.47. The summed E-state index contributed by atoms with van der Waals surface area (Å²) in [7, 11) is 0. The summed E-state index contributed by atoms with van der Waals surface area (Å²) >= 11 is 0. The third-order valence-electron chi connectivity index (χ3n) is 2.75. The van der Waals surface area contributed by atoms with Crippen molar-refractivity contribution in [3.05, 3.63) is 0 Å². The number of hydrogen-bond acceptors (Lipinski definition) is 2. The molecule has 0 aromatic carbocycles. The molecule has 1 N–H and O–H groups in total.